The van der Waals surface area contributed by atoms with Gasteiger partial charge in [-0.25, -0.2) is 4.39 Å². The first kappa shape index (κ1) is 12.3. The number of hydrogen-bond acceptors (Lipinski definition) is 3. The Morgan fingerprint density at radius 2 is 2.18 bits per heavy atom. The minimum atomic E-state index is -0.840. The van der Waals surface area contributed by atoms with E-state index in [0.717, 1.165) is 0 Å². The van der Waals surface area contributed by atoms with E-state index >= 15 is 0 Å². The molecule has 1 aromatic carbocycles. The third kappa shape index (κ3) is 2.96. The van der Waals surface area contributed by atoms with E-state index in [1.165, 1.54) is 6.07 Å². The summed E-state index contributed by atoms with van der Waals surface area (Å²) in [6.45, 7) is 5.46. The number of halogens is 1. The van der Waals surface area contributed by atoms with Gasteiger partial charge in [-0.1, -0.05) is 12.1 Å². The molecule has 94 valence electrons. The summed E-state index contributed by atoms with van der Waals surface area (Å²) in [5.74, 6) is -0.239. The van der Waals surface area contributed by atoms with Crippen molar-refractivity contribution in [3.05, 3.63) is 30.1 Å². The molecular formula is C13H19FN2O. The molecule has 4 heteroatoms. The Morgan fingerprint density at radius 3 is 2.88 bits per heavy atom. The van der Waals surface area contributed by atoms with Gasteiger partial charge in [0.15, 0.2) is 0 Å². The fraction of sp³-hybridized carbons (Fsp3) is 0.538. The molecule has 1 aliphatic rings. The molecule has 2 atom stereocenters. The molecule has 0 aliphatic carbocycles. The first-order valence-corrected chi connectivity index (χ1v) is 5.93. The molecule has 0 radical (unpaired) electrons. The lowest BCUT2D eigenvalue weighted by molar-refractivity contribution is 0.0717. The average molecular weight is 238 g/mol. The maximum atomic E-state index is 13.7. The Hall–Kier alpha value is -1.13. The molecule has 1 aromatic rings. The van der Waals surface area contributed by atoms with Crippen molar-refractivity contribution < 1.29 is 9.50 Å². The minimum absolute atomic E-state index is 0.226. The van der Waals surface area contributed by atoms with E-state index in [1.807, 2.05) is 17.9 Å². The van der Waals surface area contributed by atoms with E-state index in [0.29, 0.717) is 25.3 Å². The lowest BCUT2D eigenvalue weighted by Gasteiger charge is -2.30. The molecule has 0 bridgehead atoms. The van der Waals surface area contributed by atoms with Crippen LogP contribution in [0.5, 0.6) is 0 Å². The van der Waals surface area contributed by atoms with E-state index < -0.39 is 5.60 Å². The van der Waals surface area contributed by atoms with Crippen LogP contribution in [0.25, 0.3) is 0 Å². The zero-order chi connectivity index (χ0) is 12.5. The maximum Gasteiger partial charge on any atom is 0.146 e. The van der Waals surface area contributed by atoms with Crippen LogP contribution >= 0.6 is 0 Å². The van der Waals surface area contributed by atoms with E-state index in [-0.39, 0.29) is 11.9 Å². The minimum Gasteiger partial charge on any atom is -0.387 e. The lowest BCUT2D eigenvalue weighted by Crippen LogP contribution is -2.43. The molecule has 0 amide bonds. The second kappa shape index (κ2) is 4.63. The third-order valence-electron chi connectivity index (χ3n) is 3.05. The van der Waals surface area contributed by atoms with Crippen LogP contribution in [0, 0.1) is 5.82 Å². The van der Waals surface area contributed by atoms with E-state index in [4.69, 9.17) is 0 Å². The molecule has 1 heterocycles. The first-order chi connectivity index (χ1) is 7.98. The zero-order valence-corrected chi connectivity index (χ0v) is 10.3. The van der Waals surface area contributed by atoms with Gasteiger partial charge >= 0.3 is 0 Å². The zero-order valence-electron chi connectivity index (χ0n) is 10.3. The molecule has 0 spiro atoms. The number of aliphatic hydroxyl groups is 1. The Labute approximate surface area is 101 Å². The summed E-state index contributed by atoms with van der Waals surface area (Å²) < 4.78 is 13.7. The molecule has 0 saturated carbocycles. The predicted molar refractivity (Wildman–Crippen MR) is 66.7 cm³/mol. The quantitative estimate of drug-likeness (QED) is 0.776. The average Bonchev–Trinajstić information content (AvgIpc) is 2.38. The van der Waals surface area contributed by atoms with Crippen LogP contribution in [-0.2, 0) is 0 Å². The summed E-state index contributed by atoms with van der Waals surface area (Å²) in [5.41, 5.74) is -0.282. The summed E-state index contributed by atoms with van der Waals surface area (Å²) in [5, 5.41) is 13.4. The van der Waals surface area contributed by atoms with Gasteiger partial charge in [-0.15, -0.1) is 0 Å². The number of β-amino-alcohol motifs (C(OH)–C–C–N with tert-alkyl or cyclic N) is 1. The highest BCUT2D eigenvalue weighted by atomic mass is 19.1. The Balaban J connectivity index is 2.27. The number of benzene rings is 1. The van der Waals surface area contributed by atoms with Crippen LogP contribution in [0.2, 0.25) is 0 Å². The Bertz CT molecular complexity index is 395. The molecule has 17 heavy (non-hydrogen) atoms. The van der Waals surface area contributed by atoms with Crippen LogP contribution in [-0.4, -0.2) is 36.4 Å². The number of anilines is 1. The standard InChI is InChI=1S/C13H19FN2O/c1-10-7-16(9-13(2,17)8-15-10)12-6-4-3-5-11(12)14/h3-6,10,15,17H,7-9H2,1-2H3. The summed E-state index contributed by atoms with van der Waals surface area (Å²) in [6.07, 6.45) is 0. The van der Waals surface area contributed by atoms with Crippen LogP contribution in [0.3, 0.4) is 0 Å². The Morgan fingerprint density at radius 1 is 1.47 bits per heavy atom. The van der Waals surface area contributed by atoms with Crippen LogP contribution < -0.4 is 10.2 Å². The molecule has 1 saturated heterocycles. The van der Waals surface area contributed by atoms with Gasteiger partial charge < -0.3 is 15.3 Å². The van der Waals surface area contributed by atoms with Crippen molar-refractivity contribution in [2.45, 2.75) is 25.5 Å². The van der Waals surface area contributed by atoms with Crippen molar-refractivity contribution in [2.24, 2.45) is 0 Å². The first-order valence-electron chi connectivity index (χ1n) is 5.93. The maximum absolute atomic E-state index is 13.7. The van der Waals surface area contributed by atoms with E-state index in [9.17, 15) is 9.50 Å². The number of hydrogen-bond donors (Lipinski definition) is 2. The van der Waals surface area contributed by atoms with Crippen molar-refractivity contribution >= 4 is 5.69 Å². The predicted octanol–water partition coefficient (Wildman–Crippen LogP) is 1.37. The highest BCUT2D eigenvalue weighted by Gasteiger charge is 2.29. The van der Waals surface area contributed by atoms with Gasteiger partial charge in [0, 0.05) is 25.7 Å². The second-order valence-electron chi connectivity index (χ2n) is 5.11. The van der Waals surface area contributed by atoms with Crippen molar-refractivity contribution in [3.8, 4) is 0 Å². The van der Waals surface area contributed by atoms with Crippen molar-refractivity contribution in [1.29, 1.82) is 0 Å². The third-order valence-corrected chi connectivity index (χ3v) is 3.05. The van der Waals surface area contributed by atoms with Gasteiger partial charge in [-0.05, 0) is 26.0 Å². The van der Waals surface area contributed by atoms with Gasteiger partial charge in [-0.3, -0.25) is 0 Å². The molecule has 3 nitrogen and oxygen atoms in total. The van der Waals surface area contributed by atoms with Gasteiger partial charge in [0.2, 0.25) is 0 Å². The number of para-hydroxylation sites is 1. The lowest BCUT2D eigenvalue weighted by atomic mass is 10.1. The van der Waals surface area contributed by atoms with Gasteiger partial charge in [0.1, 0.15) is 5.82 Å². The van der Waals surface area contributed by atoms with Crippen molar-refractivity contribution in [1.82, 2.24) is 5.32 Å². The SMILES string of the molecule is CC1CN(c2ccccc2F)CC(C)(O)CN1. The number of nitrogens with zero attached hydrogens (tertiary/aromatic N) is 1. The van der Waals surface area contributed by atoms with E-state index in [2.05, 4.69) is 5.32 Å². The van der Waals surface area contributed by atoms with Gasteiger partial charge in [-0.2, -0.15) is 0 Å². The molecular weight excluding hydrogens is 219 g/mol. The highest BCUT2D eigenvalue weighted by Crippen LogP contribution is 2.22. The molecule has 2 rings (SSSR count). The molecule has 2 unspecified atom stereocenters. The molecule has 0 aromatic heterocycles. The summed E-state index contributed by atoms with van der Waals surface area (Å²) in [7, 11) is 0. The summed E-state index contributed by atoms with van der Waals surface area (Å²) in [6, 6.07) is 6.92. The largest absolute Gasteiger partial charge is 0.387 e. The molecule has 2 N–H and O–H groups in total. The van der Waals surface area contributed by atoms with Crippen LogP contribution in [0.4, 0.5) is 10.1 Å². The van der Waals surface area contributed by atoms with Gasteiger partial charge in [0.05, 0.1) is 11.3 Å². The highest BCUT2D eigenvalue weighted by molar-refractivity contribution is 5.48. The van der Waals surface area contributed by atoms with Crippen LogP contribution in [0.15, 0.2) is 24.3 Å². The molecule has 1 fully saturated rings. The monoisotopic (exact) mass is 238 g/mol. The van der Waals surface area contributed by atoms with Crippen molar-refractivity contribution in [3.63, 3.8) is 0 Å². The normalized spacial score (nSPS) is 30.1. The van der Waals surface area contributed by atoms with Gasteiger partial charge in [0.25, 0.3) is 0 Å². The number of nitrogens with one attached hydrogen (secondary N) is 1. The molecule has 1 aliphatic heterocycles. The number of rotatable bonds is 1. The summed E-state index contributed by atoms with van der Waals surface area (Å²) >= 11 is 0. The Kier molecular flexibility index (Phi) is 3.35. The fourth-order valence-corrected chi connectivity index (χ4v) is 2.21. The topological polar surface area (TPSA) is 35.5 Å². The fourth-order valence-electron chi connectivity index (χ4n) is 2.21. The van der Waals surface area contributed by atoms with E-state index in [1.54, 1.807) is 19.1 Å². The van der Waals surface area contributed by atoms with Crippen LogP contribution in [0.1, 0.15) is 13.8 Å². The second-order valence-corrected chi connectivity index (χ2v) is 5.11. The van der Waals surface area contributed by atoms with Crippen molar-refractivity contribution in [2.75, 3.05) is 24.5 Å². The smallest absolute Gasteiger partial charge is 0.146 e. The summed E-state index contributed by atoms with van der Waals surface area (Å²) in [4.78, 5) is 1.90.